The molecular weight excluding hydrogens is 344 g/mol. The zero-order valence-electron chi connectivity index (χ0n) is 15.8. The fourth-order valence-electron chi connectivity index (χ4n) is 2.60. The van der Waals surface area contributed by atoms with Crippen LogP contribution >= 0.6 is 11.8 Å². The van der Waals surface area contributed by atoms with E-state index >= 15 is 0 Å². The van der Waals surface area contributed by atoms with Gasteiger partial charge in [0.05, 0.1) is 0 Å². The lowest BCUT2D eigenvalue weighted by molar-refractivity contribution is -0.122. The van der Waals surface area contributed by atoms with Crippen molar-refractivity contribution in [1.82, 2.24) is 10.6 Å². The molecule has 1 atom stereocenters. The van der Waals surface area contributed by atoms with Gasteiger partial charge in [0.25, 0.3) is 5.91 Å². The number of carbonyl (C=O) groups is 2. The van der Waals surface area contributed by atoms with Crippen LogP contribution in [0.3, 0.4) is 0 Å². The van der Waals surface area contributed by atoms with Gasteiger partial charge in [-0.3, -0.25) is 9.59 Å². The molecule has 2 rings (SSSR count). The van der Waals surface area contributed by atoms with E-state index in [0.717, 1.165) is 11.3 Å². The predicted molar refractivity (Wildman–Crippen MR) is 108 cm³/mol. The number of carbonyl (C=O) groups excluding carboxylic acids is 2. The van der Waals surface area contributed by atoms with Crippen LogP contribution in [-0.4, -0.2) is 24.4 Å². The minimum Gasteiger partial charge on any atom is -0.355 e. The first-order valence-electron chi connectivity index (χ1n) is 8.78. The molecule has 4 nitrogen and oxygen atoms in total. The molecule has 2 aromatic carbocycles. The number of likely N-dealkylation sites (N-methyl/N-ethyl adjacent to an activating group) is 1. The Morgan fingerprint density at radius 3 is 2.58 bits per heavy atom. The van der Waals surface area contributed by atoms with Crippen molar-refractivity contribution >= 4 is 23.6 Å². The van der Waals surface area contributed by atoms with Crippen molar-refractivity contribution in [2.45, 2.75) is 44.4 Å². The standard InChI is InChI=1S/C21H26N2O2S/c1-5-22-20(24)16(4)23-21(25)18-8-6-7-17(12-18)13-26-19-10-9-14(2)11-15(19)3/h6-12,16H,5,13H2,1-4H3,(H,22,24)(H,23,25)/t16-/m1/s1. The van der Waals surface area contributed by atoms with Crippen LogP contribution in [0.25, 0.3) is 0 Å². The maximum absolute atomic E-state index is 12.4. The molecule has 0 saturated carbocycles. The highest BCUT2D eigenvalue weighted by molar-refractivity contribution is 7.98. The van der Waals surface area contributed by atoms with Crippen LogP contribution in [0.1, 0.15) is 40.9 Å². The summed E-state index contributed by atoms with van der Waals surface area (Å²) in [5.41, 5.74) is 4.17. The van der Waals surface area contributed by atoms with Crippen molar-refractivity contribution < 1.29 is 9.59 Å². The van der Waals surface area contributed by atoms with Gasteiger partial charge in [0.1, 0.15) is 6.04 Å². The quantitative estimate of drug-likeness (QED) is 0.728. The number of benzene rings is 2. The molecule has 0 radical (unpaired) electrons. The lowest BCUT2D eigenvalue weighted by atomic mass is 10.1. The number of hydrogen-bond acceptors (Lipinski definition) is 3. The molecule has 0 aliphatic carbocycles. The van der Waals surface area contributed by atoms with Gasteiger partial charge < -0.3 is 10.6 Å². The number of amides is 2. The van der Waals surface area contributed by atoms with Crippen LogP contribution in [0, 0.1) is 13.8 Å². The van der Waals surface area contributed by atoms with E-state index in [4.69, 9.17) is 0 Å². The van der Waals surface area contributed by atoms with E-state index in [1.165, 1.54) is 16.0 Å². The first-order chi connectivity index (χ1) is 12.4. The van der Waals surface area contributed by atoms with Crippen molar-refractivity contribution in [2.75, 3.05) is 6.54 Å². The van der Waals surface area contributed by atoms with E-state index in [0.29, 0.717) is 12.1 Å². The summed E-state index contributed by atoms with van der Waals surface area (Å²) in [6, 6.07) is 13.4. The average Bonchev–Trinajstić information content (AvgIpc) is 2.61. The summed E-state index contributed by atoms with van der Waals surface area (Å²) in [5.74, 6) is 0.376. The molecule has 0 bridgehead atoms. The maximum Gasteiger partial charge on any atom is 0.251 e. The highest BCUT2D eigenvalue weighted by atomic mass is 32.2. The van der Waals surface area contributed by atoms with E-state index in [-0.39, 0.29) is 11.8 Å². The van der Waals surface area contributed by atoms with E-state index in [9.17, 15) is 9.59 Å². The molecule has 0 fully saturated rings. The minimum absolute atomic E-state index is 0.178. The van der Waals surface area contributed by atoms with Crippen molar-refractivity contribution in [3.8, 4) is 0 Å². The third kappa shape index (κ3) is 5.63. The second kappa shape index (κ2) is 9.43. The Kier molecular flexibility index (Phi) is 7.27. The Balaban J connectivity index is 2.00. The maximum atomic E-state index is 12.4. The van der Waals surface area contributed by atoms with Crippen LogP contribution in [0.4, 0.5) is 0 Å². The van der Waals surface area contributed by atoms with Gasteiger partial charge in [0.2, 0.25) is 5.91 Å². The number of thioether (sulfide) groups is 1. The third-order valence-corrected chi connectivity index (χ3v) is 5.25. The zero-order valence-corrected chi connectivity index (χ0v) is 16.6. The summed E-state index contributed by atoms with van der Waals surface area (Å²) >= 11 is 1.76. The van der Waals surface area contributed by atoms with Crippen molar-refractivity contribution in [3.05, 3.63) is 64.7 Å². The van der Waals surface area contributed by atoms with E-state index in [2.05, 4.69) is 42.7 Å². The van der Waals surface area contributed by atoms with Crippen LogP contribution in [0.2, 0.25) is 0 Å². The molecule has 0 saturated heterocycles. The summed E-state index contributed by atoms with van der Waals surface area (Å²) in [4.78, 5) is 25.4. The van der Waals surface area contributed by atoms with Gasteiger partial charge in [-0.15, -0.1) is 11.8 Å². The second-order valence-corrected chi connectivity index (χ2v) is 7.36. The molecule has 0 aliphatic heterocycles. The number of rotatable bonds is 7. The molecule has 0 aliphatic rings. The predicted octanol–water partition coefficient (Wildman–Crippen LogP) is 3.85. The topological polar surface area (TPSA) is 58.2 Å². The highest BCUT2D eigenvalue weighted by Crippen LogP contribution is 2.26. The van der Waals surface area contributed by atoms with Gasteiger partial charge in [-0.2, -0.15) is 0 Å². The molecule has 26 heavy (non-hydrogen) atoms. The SMILES string of the molecule is CCNC(=O)[C@@H](C)NC(=O)c1cccc(CSc2ccc(C)cc2C)c1. The fourth-order valence-corrected chi connectivity index (χ4v) is 3.55. The van der Waals surface area contributed by atoms with Crippen molar-refractivity contribution in [2.24, 2.45) is 0 Å². The average molecular weight is 371 g/mol. The van der Waals surface area contributed by atoms with E-state index < -0.39 is 6.04 Å². The van der Waals surface area contributed by atoms with E-state index in [1.54, 1.807) is 24.8 Å². The normalized spacial score (nSPS) is 11.7. The van der Waals surface area contributed by atoms with Gasteiger partial charge in [-0.25, -0.2) is 0 Å². The van der Waals surface area contributed by atoms with Gasteiger partial charge in [-0.1, -0.05) is 29.8 Å². The second-order valence-electron chi connectivity index (χ2n) is 6.35. The number of nitrogens with one attached hydrogen (secondary N) is 2. The lowest BCUT2D eigenvalue weighted by Crippen LogP contribution is -2.44. The molecule has 138 valence electrons. The monoisotopic (exact) mass is 370 g/mol. The molecule has 0 heterocycles. The fraction of sp³-hybridized carbons (Fsp3) is 0.333. The first-order valence-corrected chi connectivity index (χ1v) is 9.76. The van der Waals surface area contributed by atoms with Crippen LogP contribution < -0.4 is 10.6 Å². The molecule has 0 aromatic heterocycles. The van der Waals surface area contributed by atoms with Crippen molar-refractivity contribution in [1.29, 1.82) is 0 Å². The first kappa shape index (κ1) is 20.0. The highest BCUT2D eigenvalue weighted by Gasteiger charge is 2.16. The Morgan fingerprint density at radius 1 is 1.12 bits per heavy atom. The summed E-state index contributed by atoms with van der Waals surface area (Å²) in [6.07, 6.45) is 0. The molecule has 0 unspecified atom stereocenters. The molecule has 2 N–H and O–H groups in total. The Hall–Kier alpha value is -2.27. The van der Waals surface area contributed by atoms with E-state index in [1.807, 2.05) is 25.1 Å². The Bertz CT molecular complexity index is 789. The summed E-state index contributed by atoms with van der Waals surface area (Å²) in [5, 5.41) is 5.44. The summed E-state index contributed by atoms with van der Waals surface area (Å²) < 4.78 is 0. The largest absolute Gasteiger partial charge is 0.355 e. The number of hydrogen-bond donors (Lipinski definition) is 2. The lowest BCUT2D eigenvalue weighted by Gasteiger charge is -2.14. The minimum atomic E-state index is -0.560. The van der Waals surface area contributed by atoms with Gasteiger partial charge in [0, 0.05) is 22.8 Å². The summed E-state index contributed by atoms with van der Waals surface area (Å²) in [7, 11) is 0. The molecule has 2 amide bonds. The van der Waals surface area contributed by atoms with Gasteiger partial charge >= 0.3 is 0 Å². The molecule has 5 heteroatoms. The van der Waals surface area contributed by atoms with Crippen LogP contribution in [-0.2, 0) is 10.5 Å². The molecular formula is C21H26N2O2S. The van der Waals surface area contributed by atoms with Gasteiger partial charge in [0.15, 0.2) is 0 Å². The van der Waals surface area contributed by atoms with Crippen LogP contribution in [0.15, 0.2) is 47.4 Å². The van der Waals surface area contributed by atoms with Crippen LogP contribution in [0.5, 0.6) is 0 Å². The van der Waals surface area contributed by atoms with Crippen molar-refractivity contribution in [3.63, 3.8) is 0 Å². The Morgan fingerprint density at radius 2 is 1.88 bits per heavy atom. The number of aryl methyl sites for hydroxylation is 2. The summed E-state index contributed by atoms with van der Waals surface area (Å²) in [6.45, 7) is 8.28. The smallest absolute Gasteiger partial charge is 0.251 e. The van der Waals surface area contributed by atoms with Gasteiger partial charge in [-0.05, 0) is 57.0 Å². The molecule has 0 spiro atoms. The zero-order chi connectivity index (χ0) is 19.1. The third-order valence-electron chi connectivity index (χ3n) is 4.01. The molecule has 2 aromatic rings. The Labute approximate surface area is 159 Å².